The Bertz CT molecular complexity index is 1030. The van der Waals surface area contributed by atoms with E-state index in [1.165, 1.54) is 12.1 Å². The third-order valence-corrected chi connectivity index (χ3v) is 6.60. The van der Waals surface area contributed by atoms with E-state index in [-0.39, 0.29) is 10.6 Å². The zero-order chi connectivity index (χ0) is 21.3. The number of alkyl halides is 4. The van der Waals surface area contributed by atoms with E-state index in [9.17, 15) is 41.8 Å². The van der Waals surface area contributed by atoms with Crippen molar-refractivity contribution in [2.24, 2.45) is 0 Å². The molecular weight excluding hydrogens is 449 g/mol. The summed E-state index contributed by atoms with van der Waals surface area (Å²) in [7, 11) is -5.63. The van der Waals surface area contributed by atoms with E-state index < -0.39 is 41.2 Å². The van der Waals surface area contributed by atoms with Gasteiger partial charge in [-0.1, -0.05) is 23.4 Å². The van der Waals surface area contributed by atoms with E-state index in [2.05, 4.69) is 11.6 Å². The van der Waals surface area contributed by atoms with Gasteiger partial charge in [0.25, 0.3) is 17.0 Å². The van der Waals surface area contributed by atoms with Crippen LogP contribution in [0.2, 0.25) is 0 Å². The summed E-state index contributed by atoms with van der Waals surface area (Å²) in [6, 6.07) is 6.82. The number of non-ortho nitro benzene ring substituents is 1. The van der Waals surface area contributed by atoms with Crippen molar-refractivity contribution in [3.63, 3.8) is 0 Å². The molecule has 150 valence electrons. The van der Waals surface area contributed by atoms with Crippen LogP contribution in [0, 0.1) is 20.2 Å². The van der Waals surface area contributed by atoms with Gasteiger partial charge in [-0.15, -0.1) is 0 Å². The summed E-state index contributed by atoms with van der Waals surface area (Å²) < 4.78 is 63.7. The Morgan fingerprint density at radius 1 is 1.04 bits per heavy atom. The highest BCUT2D eigenvalue weighted by atomic mass is 35.5. The minimum Gasteiger partial charge on any atom is -0.258 e. The van der Waals surface area contributed by atoms with Gasteiger partial charge in [0.1, 0.15) is 0 Å². The summed E-state index contributed by atoms with van der Waals surface area (Å²) in [4.78, 5) is 19.3. The van der Waals surface area contributed by atoms with Gasteiger partial charge in [-0.2, -0.15) is 8.78 Å². The number of rotatable bonds is 7. The first-order chi connectivity index (χ1) is 12.9. The van der Waals surface area contributed by atoms with Crippen LogP contribution in [0.1, 0.15) is 0 Å². The first-order valence-corrected chi connectivity index (χ1v) is 9.73. The highest BCUT2D eigenvalue weighted by Gasteiger charge is 2.53. The van der Waals surface area contributed by atoms with Gasteiger partial charge in [0.15, 0.2) is 0 Å². The summed E-state index contributed by atoms with van der Waals surface area (Å²) in [6.45, 7) is 0. The molecule has 2 aromatic carbocycles. The highest BCUT2D eigenvalue weighted by Crippen LogP contribution is 2.40. The second kappa shape index (κ2) is 7.93. The van der Waals surface area contributed by atoms with Crippen LogP contribution in [0.4, 0.5) is 24.5 Å². The average Bonchev–Trinajstić information content (AvgIpc) is 2.61. The molecule has 2 aromatic rings. The van der Waals surface area contributed by atoms with Crippen molar-refractivity contribution in [2.75, 3.05) is 0 Å². The zero-order valence-corrected chi connectivity index (χ0v) is 15.7. The second-order valence-electron chi connectivity index (χ2n) is 5.11. The van der Waals surface area contributed by atoms with Gasteiger partial charge in [-0.05, 0) is 24.3 Å². The summed E-state index contributed by atoms with van der Waals surface area (Å²) in [5.41, 5.74) is -4.60. The Morgan fingerprint density at radius 2 is 1.61 bits per heavy atom. The molecule has 0 fully saturated rings. The zero-order valence-electron chi connectivity index (χ0n) is 13.3. The molecule has 0 radical (unpaired) electrons. The molecule has 0 aliphatic rings. The molecule has 8 nitrogen and oxygen atoms in total. The number of benzene rings is 2. The maximum absolute atomic E-state index is 13.6. The molecular formula is C14H8ClF3N2O6S2. The first-order valence-electron chi connectivity index (χ1n) is 6.99. The third kappa shape index (κ3) is 4.20. The fourth-order valence-electron chi connectivity index (χ4n) is 1.93. The average molecular weight is 457 g/mol. The number of nitro benzene ring substituents is 2. The predicted octanol–water partition coefficient (Wildman–Crippen LogP) is 4.56. The van der Waals surface area contributed by atoms with Gasteiger partial charge < -0.3 is 0 Å². The number of halogens is 4. The largest absolute Gasteiger partial charge is 0.393 e. The summed E-state index contributed by atoms with van der Waals surface area (Å²) in [5, 5.41) is 16.9. The molecule has 0 saturated heterocycles. The van der Waals surface area contributed by atoms with Crippen molar-refractivity contribution in [1.29, 1.82) is 0 Å². The summed E-state index contributed by atoms with van der Waals surface area (Å²) >= 11 is 5.35. The van der Waals surface area contributed by atoms with Crippen LogP contribution in [-0.4, -0.2) is 29.1 Å². The predicted molar refractivity (Wildman–Crippen MR) is 93.2 cm³/mol. The van der Waals surface area contributed by atoms with Gasteiger partial charge in [0.05, 0.1) is 19.6 Å². The maximum atomic E-state index is 13.6. The van der Waals surface area contributed by atoms with E-state index in [1.54, 1.807) is 0 Å². The highest BCUT2D eigenvalue weighted by molar-refractivity contribution is 7.99. The Balaban J connectivity index is 2.46. The van der Waals surface area contributed by atoms with Crippen molar-refractivity contribution in [3.8, 4) is 0 Å². The monoisotopic (exact) mass is 456 g/mol. The van der Waals surface area contributed by atoms with Crippen LogP contribution in [0.5, 0.6) is 0 Å². The number of hydrogen-bond donors (Lipinski definition) is 0. The topological polar surface area (TPSA) is 120 Å². The lowest BCUT2D eigenvalue weighted by Gasteiger charge is -2.17. The molecule has 2 rings (SSSR count). The number of nitro groups is 2. The number of hydrogen-bond acceptors (Lipinski definition) is 7. The Morgan fingerprint density at radius 3 is 2.07 bits per heavy atom. The normalized spacial score (nSPS) is 13.1. The molecule has 0 saturated carbocycles. The first kappa shape index (κ1) is 21.9. The molecule has 14 heteroatoms. The van der Waals surface area contributed by atoms with Gasteiger partial charge in [0, 0.05) is 23.1 Å². The van der Waals surface area contributed by atoms with E-state index in [4.69, 9.17) is 0 Å². The Kier molecular flexibility index (Phi) is 6.21. The lowest BCUT2D eigenvalue weighted by Crippen LogP contribution is -2.36. The van der Waals surface area contributed by atoms with Crippen molar-refractivity contribution < 1.29 is 31.4 Å². The van der Waals surface area contributed by atoms with E-state index in [0.29, 0.717) is 17.0 Å². The maximum Gasteiger partial charge on any atom is 0.393 e. The molecule has 0 amide bonds. The van der Waals surface area contributed by atoms with Crippen LogP contribution in [0.15, 0.2) is 57.2 Å². The third-order valence-electron chi connectivity index (χ3n) is 3.33. The SMILES string of the molecule is O=[N+]([O-])c1ccc(Sc2ccc(S(=O)(=O)C(F)(F)[C@@H](F)Cl)cc2[N+](=O)[O-])cc1. The molecule has 0 aromatic heterocycles. The van der Waals surface area contributed by atoms with Crippen LogP contribution in [0.25, 0.3) is 0 Å². The fourth-order valence-corrected chi connectivity index (χ4v) is 4.25. The smallest absolute Gasteiger partial charge is 0.258 e. The molecule has 0 spiro atoms. The van der Waals surface area contributed by atoms with E-state index in [0.717, 1.165) is 30.0 Å². The van der Waals surface area contributed by atoms with Gasteiger partial charge in [-0.3, -0.25) is 20.2 Å². The minimum absolute atomic E-state index is 0.121. The molecule has 0 unspecified atom stereocenters. The lowest BCUT2D eigenvalue weighted by atomic mass is 10.3. The Hall–Kier alpha value is -2.38. The second-order valence-corrected chi connectivity index (χ2v) is 8.63. The van der Waals surface area contributed by atoms with Crippen molar-refractivity contribution in [2.45, 2.75) is 25.6 Å². The number of sulfone groups is 1. The standard InChI is InChI=1S/C14H8ClF3N2O6S2/c15-13(16)14(17,18)28(25,26)10-5-6-12(11(7-10)20(23)24)27-9-3-1-8(2-4-9)19(21)22/h1-7,13H/t13-/m1/s1. The summed E-state index contributed by atoms with van der Waals surface area (Å²) in [5.74, 6) is 0. The van der Waals surface area contributed by atoms with Gasteiger partial charge >= 0.3 is 5.25 Å². The van der Waals surface area contributed by atoms with Crippen LogP contribution >= 0.6 is 23.4 Å². The Labute approximate surface area is 164 Å². The van der Waals surface area contributed by atoms with Crippen molar-refractivity contribution >= 4 is 44.6 Å². The van der Waals surface area contributed by atoms with E-state index in [1.807, 2.05) is 0 Å². The fraction of sp³-hybridized carbons (Fsp3) is 0.143. The lowest BCUT2D eigenvalue weighted by molar-refractivity contribution is -0.388. The van der Waals surface area contributed by atoms with E-state index >= 15 is 0 Å². The van der Waals surface area contributed by atoms with Crippen LogP contribution in [-0.2, 0) is 9.84 Å². The number of nitrogens with zero attached hydrogens (tertiary/aromatic N) is 2. The molecule has 0 aliphatic heterocycles. The molecule has 1 atom stereocenters. The minimum atomic E-state index is -5.63. The molecule has 28 heavy (non-hydrogen) atoms. The van der Waals surface area contributed by atoms with Gasteiger partial charge in [-0.25, -0.2) is 12.8 Å². The molecule has 0 aliphatic carbocycles. The van der Waals surface area contributed by atoms with Crippen molar-refractivity contribution in [1.82, 2.24) is 0 Å². The quantitative estimate of drug-likeness (QED) is 0.340. The van der Waals surface area contributed by atoms with Crippen molar-refractivity contribution in [3.05, 3.63) is 62.7 Å². The molecule has 0 heterocycles. The van der Waals surface area contributed by atoms with Crippen LogP contribution in [0.3, 0.4) is 0 Å². The van der Waals surface area contributed by atoms with Gasteiger partial charge in [0.2, 0.25) is 9.84 Å². The summed E-state index contributed by atoms with van der Waals surface area (Å²) in [6.07, 6.45) is 0. The molecule has 0 N–H and O–H groups in total. The van der Waals surface area contributed by atoms with Crippen LogP contribution < -0.4 is 0 Å². The molecule has 0 bridgehead atoms.